The van der Waals surface area contributed by atoms with Crippen molar-refractivity contribution in [3.05, 3.63) is 59.4 Å². The first-order chi connectivity index (χ1) is 9.25. The molecule has 98 valence electrons. The van der Waals surface area contributed by atoms with E-state index in [1.54, 1.807) is 0 Å². The van der Waals surface area contributed by atoms with E-state index in [2.05, 4.69) is 11.1 Å². The molecule has 1 aromatic heterocycles. The molecular formula is C16H18N2O. The van der Waals surface area contributed by atoms with Gasteiger partial charge < -0.3 is 9.88 Å². The molecule has 0 bridgehead atoms. The second-order valence-electron chi connectivity index (χ2n) is 5.15. The normalized spacial score (nSPS) is 18.8. The molecule has 0 radical (unpaired) electrons. The number of rotatable bonds is 2. The average Bonchev–Trinajstić information content (AvgIpc) is 3.09. The molecule has 1 unspecified atom stereocenters. The molecule has 1 aliphatic heterocycles. The number of aromatic nitrogens is 1. The maximum Gasteiger partial charge on any atom is 0.254 e. The van der Waals surface area contributed by atoms with Crippen molar-refractivity contribution in [3.63, 3.8) is 0 Å². The van der Waals surface area contributed by atoms with Crippen molar-refractivity contribution in [1.82, 2.24) is 9.88 Å². The fourth-order valence-corrected chi connectivity index (χ4v) is 2.75. The number of hydrogen-bond donors (Lipinski definition) is 1. The summed E-state index contributed by atoms with van der Waals surface area (Å²) in [5.74, 6) is 0.136. The van der Waals surface area contributed by atoms with E-state index in [9.17, 15) is 4.79 Å². The van der Waals surface area contributed by atoms with Gasteiger partial charge in [0.15, 0.2) is 0 Å². The van der Waals surface area contributed by atoms with E-state index in [1.807, 2.05) is 48.4 Å². The maximum atomic E-state index is 12.6. The van der Waals surface area contributed by atoms with Gasteiger partial charge in [-0.15, -0.1) is 0 Å². The lowest BCUT2D eigenvalue weighted by atomic mass is 10.1. The summed E-state index contributed by atoms with van der Waals surface area (Å²) in [6.45, 7) is 2.88. The first kappa shape index (κ1) is 12.0. The highest BCUT2D eigenvalue weighted by atomic mass is 16.2. The number of likely N-dealkylation sites (tertiary alicyclic amines) is 1. The Morgan fingerprint density at radius 2 is 2.05 bits per heavy atom. The van der Waals surface area contributed by atoms with Gasteiger partial charge >= 0.3 is 0 Å². The van der Waals surface area contributed by atoms with Crippen molar-refractivity contribution < 1.29 is 4.79 Å². The summed E-state index contributed by atoms with van der Waals surface area (Å²) in [6.07, 6.45) is 4.03. The van der Waals surface area contributed by atoms with Crippen LogP contribution in [0.25, 0.3) is 0 Å². The van der Waals surface area contributed by atoms with Crippen LogP contribution in [0.1, 0.15) is 40.5 Å². The van der Waals surface area contributed by atoms with Gasteiger partial charge in [-0.2, -0.15) is 0 Å². The zero-order chi connectivity index (χ0) is 13.2. The molecule has 1 amide bonds. The predicted octanol–water partition coefficient (Wildman–Crippen LogP) is 3.30. The van der Waals surface area contributed by atoms with Gasteiger partial charge in [0.05, 0.1) is 6.04 Å². The van der Waals surface area contributed by atoms with Crippen molar-refractivity contribution in [3.8, 4) is 0 Å². The molecule has 0 spiro atoms. The van der Waals surface area contributed by atoms with Crippen LogP contribution in [0.4, 0.5) is 0 Å². The minimum atomic E-state index is 0.136. The Hall–Kier alpha value is -2.03. The molecule has 1 aliphatic rings. The number of H-pyrrole nitrogens is 1. The second-order valence-corrected chi connectivity index (χ2v) is 5.15. The molecule has 2 aromatic rings. The van der Waals surface area contributed by atoms with Crippen molar-refractivity contribution in [2.45, 2.75) is 25.8 Å². The van der Waals surface area contributed by atoms with E-state index in [1.165, 1.54) is 5.56 Å². The molecule has 1 saturated heterocycles. The average molecular weight is 254 g/mol. The van der Waals surface area contributed by atoms with Gasteiger partial charge in [0.2, 0.25) is 0 Å². The lowest BCUT2D eigenvalue weighted by Crippen LogP contribution is -2.30. The molecular weight excluding hydrogens is 236 g/mol. The van der Waals surface area contributed by atoms with Gasteiger partial charge in [0.1, 0.15) is 0 Å². The first-order valence-corrected chi connectivity index (χ1v) is 6.76. The van der Waals surface area contributed by atoms with Crippen LogP contribution in [0.15, 0.2) is 42.6 Å². The van der Waals surface area contributed by atoms with Crippen molar-refractivity contribution >= 4 is 5.91 Å². The fourth-order valence-electron chi connectivity index (χ4n) is 2.75. The van der Waals surface area contributed by atoms with Crippen molar-refractivity contribution in [1.29, 1.82) is 0 Å². The van der Waals surface area contributed by atoms with Gasteiger partial charge in [-0.1, -0.05) is 17.7 Å². The Morgan fingerprint density at radius 1 is 1.26 bits per heavy atom. The van der Waals surface area contributed by atoms with Crippen LogP contribution < -0.4 is 0 Å². The molecule has 3 nitrogen and oxygen atoms in total. The van der Waals surface area contributed by atoms with E-state index < -0.39 is 0 Å². The highest BCUT2D eigenvalue weighted by molar-refractivity contribution is 5.94. The van der Waals surface area contributed by atoms with Crippen LogP contribution >= 0.6 is 0 Å². The van der Waals surface area contributed by atoms with Gasteiger partial charge in [-0.25, -0.2) is 0 Å². The Bertz CT molecular complexity index is 557. The van der Waals surface area contributed by atoms with Crippen LogP contribution in [-0.2, 0) is 0 Å². The monoisotopic (exact) mass is 254 g/mol. The zero-order valence-electron chi connectivity index (χ0n) is 11.1. The third-order valence-electron chi connectivity index (χ3n) is 3.79. The minimum absolute atomic E-state index is 0.136. The number of aryl methyl sites for hydroxylation is 1. The molecule has 3 rings (SSSR count). The topological polar surface area (TPSA) is 36.1 Å². The number of nitrogens with zero attached hydrogens (tertiary/aromatic N) is 1. The Kier molecular flexibility index (Phi) is 3.11. The molecule has 1 fully saturated rings. The lowest BCUT2D eigenvalue weighted by Gasteiger charge is -2.24. The van der Waals surface area contributed by atoms with Gasteiger partial charge in [-0.3, -0.25) is 4.79 Å². The fraction of sp³-hybridized carbons (Fsp3) is 0.312. The summed E-state index contributed by atoms with van der Waals surface area (Å²) < 4.78 is 0. The van der Waals surface area contributed by atoms with Crippen LogP contribution in [0, 0.1) is 6.92 Å². The predicted molar refractivity (Wildman–Crippen MR) is 75.0 cm³/mol. The Morgan fingerprint density at radius 3 is 2.74 bits per heavy atom. The summed E-state index contributed by atoms with van der Waals surface area (Å²) in [5.41, 5.74) is 3.10. The van der Waals surface area contributed by atoms with Crippen LogP contribution in [-0.4, -0.2) is 22.3 Å². The van der Waals surface area contributed by atoms with E-state index >= 15 is 0 Å². The Labute approximate surface area is 113 Å². The van der Waals surface area contributed by atoms with Crippen molar-refractivity contribution in [2.75, 3.05) is 6.54 Å². The van der Waals surface area contributed by atoms with Gasteiger partial charge in [0, 0.05) is 24.0 Å². The molecule has 19 heavy (non-hydrogen) atoms. The number of hydrogen-bond acceptors (Lipinski definition) is 1. The third kappa shape index (κ3) is 2.28. The van der Waals surface area contributed by atoms with Crippen LogP contribution in [0.5, 0.6) is 0 Å². The van der Waals surface area contributed by atoms with E-state index in [0.29, 0.717) is 0 Å². The highest BCUT2D eigenvalue weighted by Crippen LogP contribution is 2.32. The van der Waals surface area contributed by atoms with E-state index in [0.717, 1.165) is 30.6 Å². The first-order valence-electron chi connectivity index (χ1n) is 6.76. The number of aromatic amines is 1. The van der Waals surface area contributed by atoms with Crippen molar-refractivity contribution in [2.24, 2.45) is 0 Å². The van der Waals surface area contributed by atoms with Crippen LogP contribution in [0.2, 0.25) is 0 Å². The minimum Gasteiger partial charge on any atom is -0.363 e. The summed E-state index contributed by atoms with van der Waals surface area (Å²) in [5, 5.41) is 0. The molecule has 1 aromatic carbocycles. The second kappa shape index (κ2) is 4.92. The summed E-state index contributed by atoms with van der Waals surface area (Å²) in [7, 11) is 0. The third-order valence-corrected chi connectivity index (χ3v) is 3.79. The maximum absolute atomic E-state index is 12.6. The van der Waals surface area contributed by atoms with Crippen LogP contribution in [0.3, 0.4) is 0 Å². The summed E-state index contributed by atoms with van der Waals surface area (Å²) >= 11 is 0. The number of carbonyl (C=O) groups excluding carboxylic acids is 1. The highest BCUT2D eigenvalue weighted by Gasteiger charge is 2.30. The quantitative estimate of drug-likeness (QED) is 0.877. The Balaban J connectivity index is 1.84. The lowest BCUT2D eigenvalue weighted by molar-refractivity contribution is 0.0733. The van der Waals surface area contributed by atoms with E-state index in [4.69, 9.17) is 0 Å². The zero-order valence-corrected chi connectivity index (χ0v) is 11.1. The largest absolute Gasteiger partial charge is 0.363 e. The smallest absolute Gasteiger partial charge is 0.254 e. The molecule has 1 N–H and O–H groups in total. The SMILES string of the molecule is Cc1ccc(C(=O)N2CCCC2c2ccc[nH]2)cc1. The summed E-state index contributed by atoms with van der Waals surface area (Å²) in [6, 6.07) is 12.1. The molecule has 0 saturated carbocycles. The molecule has 0 aliphatic carbocycles. The number of carbonyl (C=O) groups is 1. The molecule has 3 heteroatoms. The number of nitrogens with one attached hydrogen (secondary N) is 1. The molecule has 1 atom stereocenters. The summed E-state index contributed by atoms with van der Waals surface area (Å²) in [4.78, 5) is 17.8. The van der Waals surface area contributed by atoms with E-state index in [-0.39, 0.29) is 11.9 Å². The van der Waals surface area contributed by atoms with Gasteiger partial charge in [-0.05, 0) is 44.0 Å². The standard InChI is InChI=1S/C16H18N2O/c1-12-6-8-13(9-7-12)16(19)18-11-3-5-15(18)14-4-2-10-17-14/h2,4,6-10,15,17H,3,5,11H2,1H3. The number of amides is 1. The molecule has 2 heterocycles. The number of benzene rings is 1. The van der Waals surface area contributed by atoms with Gasteiger partial charge in [0.25, 0.3) is 5.91 Å².